The summed E-state index contributed by atoms with van der Waals surface area (Å²) < 4.78 is 13.0. The molecule has 1 amide bonds. The smallest absolute Gasteiger partial charge is 0.255 e. The number of hydrogen-bond acceptors (Lipinski definition) is 2. The van der Waals surface area contributed by atoms with Crippen molar-refractivity contribution in [3.63, 3.8) is 0 Å². The maximum absolute atomic E-state index is 13.0. The van der Waals surface area contributed by atoms with Crippen LogP contribution in [0.5, 0.6) is 0 Å². The largest absolute Gasteiger partial charge is 0.338 e. The Bertz CT molecular complexity index is 482. The third kappa shape index (κ3) is 3.84. The Kier molecular flexibility index (Phi) is 6.24. The van der Waals surface area contributed by atoms with Crippen molar-refractivity contribution in [2.75, 3.05) is 13.1 Å². The van der Waals surface area contributed by atoms with Crippen molar-refractivity contribution in [3.8, 4) is 0 Å². The first-order valence-electron chi connectivity index (χ1n) is 6.49. The van der Waals surface area contributed by atoms with Gasteiger partial charge in [-0.3, -0.25) is 4.79 Å². The fourth-order valence-electron chi connectivity index (χ4n) is 2.46. The summed E-state index contributed by atoms with van der Waals surface area (Å²) >= 11 is 5.93. The molecular weight excluding hydrogens is 302 g/mol. The van der Waals surface area contributed by atoms with Crippen molar-refractivity contribution in [3.05, 3.63) is 34.6 Å². The lowest BCUT2D eigenvalue weighted by molar-refractivity contribution is 0.0661. The summed E-state index contributed by atoms with van der Waals surface area (Å²) in [5.41, 5.74) is 6.26. The van der Waals surface area contributed by atoms with E-state index in [1.165, 1.54) is 18.2 Å². The highest BCUT2D eigenvalue weighted by molar-refractivity contribution is 6.33. The molecule has 2 rings (SSSR count). The van der Waals surface area contributed by atoms with Gasteiger partial charge in [-0.1, -0.05) is 11.6 Å². The Balaban J connectivity index is 0.00000200. The predicted octanol–water partition coefficient (Wildman–Crippen LogP) is 3.10. The molecule has 6 heteroatoms. The fraction of sp³-hybridized carbons (Fsp3) is 0.500. The number of carbonyl (C=O) groups is 1. The van der Waals surface area contributed by atoms with E-state index in [0.717, 1.165) is 12.8 Å². The van der Waals surface area contributed by atoms with Crippen LogP contribution in [0.2, 0.25) is 5.02 Å². The molecule has 1 aromatic rings. The highest BCUT2D eigenvalue weighted by Gasteiger charge is 2.27. The molecule has 1 aromatic carbocycles. The molecule has 1 saturated heterocycles. The maximum Gasteiger partial charge on any atom is 0.255 e. The van der Waals surface area contributed by atoms with Crippen molar-refractivity contribution in [2.24, 2.45) is 11.7 Å². The molecule has 0 saturated carbocycles. The van der Waals surface area contributed by atoms with E-state index in [2.05, 4.69) is 0 Å². The minimum atomic E-state index is -0.436. The molecule has 0 aliphatic carbocycles. The average molecular weight is 321 g/mol. The molecule has 3 nitrogen and oxygen atoms in total. The van der Waals surface area contributed by atoms with Crippen LogP contribution in [0.4, 0.5) is 4.39 Å². The van der Waals surface area contributed by atoms with E-state index in [0.29, 0.717) is 24.6 Å². The first kappa shape index (κ1) is 17.2. The fourth-order valence-corrected chi connectivity index (χ4v) is 2.70. The van der Waals surface area contributed by atoms with Crippen LogP contribution in [0.1, 0.15) is 30.1 Å². The number of piperidine rings is 1. The molecule has 2 unspecified atom stereocenters. The number of benzene rings is 1. The Morgan fingerprint density at radius 3 is 2.85 bits per heavy atom. The van der Waals surface area contributed by atoms with E-state index in [1.807, 2.05) is 6.92 Å². The van der Waals surface area contributed by atoms with E-state index in [4.69, 9.17) is 17.3 Å². The van der Waals surface area contributed by atoms with Crippen LogP contribution in [0.25, 0.3) is 0 Å². The van der Waals surface area contributed by atoms with Crippen molar-refractivity contribution >= 4 is 29.9 Å². The van der Waals surface area contributed by atoms with Crippen molar-refractivity contribution in [1.29, 1.82) is 0 Å². The van der Waals surface area contributed by atoms with E-state index in [1.54, 1.807) is 4.90 Å². The Morgan fingerprint density at radius 1 is 1.55 bits per heavy atom. The summed E-state index contributed by atoms with van der Waals surface area (Å²) in [6, 6.07) is 3.93. The quantitative estimate of drug-likeness (QED) is 0.910. The van der Waals surface area contributed by atoms with E-state index >= 15 is 0 Å². The molecule has 1 aliphatic heterocycles. The Hall–Kier alpha value is -0.840. The third-order valence-electron chi connectivity index (χ3n) is 3.65. The third-order valence-corrected chi connectivity index (χ3v) is 3.96. The number of rotatable bonds is 2. The summed E-state index contributed by atoms with van der Waals surface area (Å²) in [6.45, 7) is 3.31. The minimum Gasteiger partial charge on any atom is -0.338 e. The van der Waals surface area contributed by atoms with Gasteiger partial charge in [0, 0.05) is 19.1 Å². The Labute approximate surface area is 129 Å². The molecule has 20 heavy (non-hydrogen) atoms. The molecule has 2 atom stereocenters. The van der Waals surface area contributed by atoms with Gasteiger partial charge in [-0.15, -0.1) is 12.4 Å². The van der Waals surface area contributed by atoms with Crippen molar-refractivity contribution in [1.82, 2.24) is 4.90 Å². The zero-order valence-electron chi connectivity index (χ0n) is 11.3. The summed E-state index contributed by atoms with van der Waals surface area (Å²) in [5.74, 6) is -0.263. The van der Waals surface area contributed by atoms with E-state index in [9.17, 15) is 9.18 Å². The van der Waals surface area contributed by atoms with Gasteiger partial charge in [-0.25, -0.2) is 4.39 Å². The maximum atomic E-state index is 13.0. The lowest BCUT2D eigenvalue weighted by atomic mass is 9.92. The molecule has 1 aliphatic rings. The molecule has 1 heterocycles. The van der Waals surface area contributed by atoms with Crippen LogP contribution >= 0.6 is 24.0 Å². The van der Waals surface area contributed by atoms with Crippen LogP contribution in [0.15, 0.2) is 18.2 Å². The van der Waals surface area contributed by atoms with Crippen LogP contribution in [0.3, 0.4) is 0 Å². The number of nitrogens with zero attached hydrogens (tertiary/aromatic N) is 1. The average Bonchev–Trinajstić information content (AvgIpc) is 2.38. The van der Waals surface area contributed by atoms with Gasteiger partial charge >= 0.3 is 0 Å². The molecule has 2 N–H and O–H groups in total. The van der Waals surface area contributed by atoms with Gasteiger partial charge in [-0.2, -0.15) is 0 Å². The number of hydrogen-bond donors (Lipinski definition) is 1. The molecule has 0 bridgehead atoms. The zero-order chi connectivity index (χ0) is 14.0. The second-order valence-electron chi connectivity index (χ2n) is 5.14. The zero-order valence-corrected chi connectivity index (χ0v) is 12.9. The summed E-state index contributed by atoms with van der Waals surface area (Å²) in [7, 11) is 0. The van der Waals surface area contributed by atoms with E-state index < -0.39 is 5.82 Å². The topological polar surface area (TPSA) is 46.3 Å². The van der Waals surface area contributed by atoms with Gasteiger partial charge in [0.25, 0.3) is 5.91 Å². The molecule has 112 valence electrons. The summed E-state index contributed by atoms with van der Waals surface area (Å²) in [4.78, 5) is 14.1. The molecule has 0 radical (unpaired) electrons. The van der Waals surface area contributed by atoms with Crippen molar-refractivity contribution in [2.45, 2.75) is 25.8 Å². The molecule has 1 fully saturated rings. The lowest BCUT2D eigenvalue weighted by Crippen LogP contribution is -2.45. The van der Waals surface area contributed by atoms with Crippen LogP contribution in [-0.2, 0) is 0 Å². The van der Waals surface area contributed by atoms with Crippen LogP contribution < -0.4 is 5.73 Å². The van der Waals surface area contributed by atoms with Gasteiger partial charge in [0.05, 0.1) is 10.6 Å². The van der Waals surface area contributed by atoms with Gasteiger partial charge in [-0.05, 0) is 43.9 Å². The minimum absolute atomic E-state index is 0. The normalized spacial score (nSPS) is 20.2. The molecule has 0 aromatic heterocycles. The van der Waals surface area contributed by atoms with Gasteiger partial charge in [0.1, 0.15) is 5.82 Å². The van der Waals surface area contributed by atoms with Gasteiger partial charge < -0.3 is 10.6 Å². The SMILES string of the molecule is CC(N)C1CCCN(C(=O)c2ccc(F)cc2Cl)C1.Cl. The highest BCUT2D eigenvalue weighted by Crippen LogP contribution is 2.24. The predicted molar refractivity (Wildman–Crippen MR) is 80.9 cm³/mol. The second-order valence-corrected chi connectivity index (χ2v) is 5.54. The molecular formula is C14H19Cl2FN2O. The first-order chi connectivity index (χ1) is 8.99. The lowest BCUT2D eigenvalue weighted by Gasteiger charge is -2.34. The molecule has 0 spiro atoms. The van der Waals surface area contributed by atoms with E-state index in [-0.39, 0.29) is 29.4 Å². The monoisotopic (exact) mass is 320 g/mol. The van der Waals surface area contributed by atoms with Crippen molar-refractivity contribution < 1.29 is 9.18 Å². The van der Waals surface area contributed by atoms with Crippen LogP contribution in [-0.4, -0.2) is 29.9 Å². The second kappa shape index (κ2) is 7.25. The standard InChI is InChI=1S/C14H18ClFN2O.ClH/c1-9(17)10-3-2-6-18(8-10)14(19)12-5-4-11(16)7-13(12)15;/h4-5,7,9-10H,2-3,6,8,17H2,1H3;1H. The van der Waals surface area contributed by atoms with Gasteiger partial charge in [0.15, 0.2) is 0 Å². The Morgan fingerprint density at radius 2 is 2.25 bits per heavy atom. The number of amides is 1. The number of halogens is 3. The highest BCUT2D eigenvalue weighted by atomic mass is 35.5. The number of nitrogens with two attached hydrogens (primary N) is 1. The van der Waals surface area contributed by atoms with Gasteiger partial charge in [0.2, 0.25) is 0 Å². The van der Waals surface area contributed by atoms with Crippen LogP contribution in [0, 0.1) is 11.7 Å². The number of likely N-dealkylation sites (tertiary alicyclic amines) is 1. The first-order valence-corrected chi connectivity index (χ1v) is 6.86. The summed E-state index contributed by atoms with van der Waals surface area (Å²) in [5, 5.41) is 0.160. The summed E-state index contributed by atoms with van der Waals surface area (Å²) in [6.07, 6.45) is 1.98. The number of carbonyl (C=O) groups excluding carboxylic acids is 1.